The molecule has 154 valence electrons. The van der Waals surface area contributed by atoms with Crippen molar-refractivity contribution in [1.29, 1.82) is 0 Å². The molecule has 6 nitrogen and oxygen atoms in total. The van der Waals surface area contributed by atoms with E-state index >= 15 is 0 Å². The van der Waals surface area contributed by atoms with Crippen LogP contribution in [0.25, 0.3) is 6.08 Å². The summed E-state index contributed by atoms with van der Waals surface area (Å²) in [7, 11) is 0. The fourth-order valence-corrected chi connectivity index (χ4v) is 3.02. The average Bonchev–Trinajstić information content (AvgIpc) is 3.51. The Kier molecular flexibility index (Phi) is 7.09. The van der Waals surface area contributed by atoms with Crippen LogP contribution in [0.3, 0.4) is 0 Å². The molecule has 1 amide bonds. The number of carbonyl (C=O) groups is 1. The van der Waals surface area contributed by atoms with E-state index in [2.05, 4.69) is 22.2 Å². The first-order valence-corrected chi connectivity index (χ1v) is 10.2. The maximum Gasteiger partial charge on any atom is 0.219 e. The van der Waals surface area contributed by atoms with Gasteiger partial charge in [0.15, 0.2) is 5.75 Å². The van der Waals surface area contributed by atoms with Crippen molar-refractivity contribution in [1.82, 2.24) is 15.3 Å². The first-order chi connectivity index (χ1) is 13.9. The van der Waals surface area contributed by atoms with Gasteiger partial charge in [0.25, 0.3) is 0 Å². The number of aromatic nitrogens is 2. The van der Waals surface area contributed by atoms with Gasteiger partial charge in [-0.3, -0.25) is 4.79 Å². The number of nitrogens with one attached hydrogen (secondary N) is 1. The first kappa shape index (κ1) is 21.1. The summed E-state index contributed by atoms with van der Waals surface area (Å²) in [6, 6.07) is 5.31. The monoisotopic (exact) mass is 415 g/mol. The summed E-state index contributed by atoms with van der Waals surface area (Å²) in [5.74, 6) is 1.95. The maximum atomic E-state index is 11.3. The molecule has 3 rings (SSSR count). The molecular weight excluding hydrogens is 390 g/mol. The number of halogens is 1. The van der Waals surface area contributed by atoms with Crippen LogP contribution >= 0.6 is 11.6 Å². The number of carbonyl (C=O) groups excluding carboxylic acids is 1. The number of pyridine rings is 2. The van der Waals surface area contributed by atoms with Crippen molar-refractivity contribution >= 4 is 23.6 Å². The Morgan fingerprint density at radius 1 is 1.31 bits per heavy atom. The lowest BCUT2D eigenvalue weighted by Crippen LogP contribution is -2.31. The highest BCUT2D eigenvalue weighted by Gasteiger charge is 2.22. The second-order valence-electron chi connectivity index (χ2n) is 7.23. The Morgan fingerprint density at radius 3 is 2.66 bits per heavy atom. The third-order valence-corrected chi connectivity index (χ3v) is 4.96. The Morgan fingerprint density at radius 2 is 2.07 bits per heavy atom. The van der Waals surface area contributed by atoms with Crippen LogP contribution in [-0.2, 0) is 4.79 Å². The summed E-state index contributed by atoms with van der Waals surface area (Å²) < 4.78 is 11.4. The Hall–Kier alpha value is -2.60. The topological polar surface area (TPSA) is 73.3 Å². The van der Waals surface area contributed by atoms with E-state index in [1.54, 1.807) is 24.5 Å². The lowest BCUT2D eigenvalue weighted by molar-refractivity contribution is -0.119. The number of hydrogen-bond acceptors (Lipinski definition) is 5. The molecule has 29 heavy (non-hydrogen) atoms. The Bertz CT molecular complexity index is 879. The van der Waals surface area contributed by atoms with Crippen LogP contribution < -0.4 is 14.8 Å². The summed E-state index contributed by atoms with van der Waals surface area (Å²) in [6.07, 6.45) is 8.56. The number of ether oxygens (including phenoxy) is 2. The van der Waals surface area contributed by atoms with Gasteiger partial charge < -0.3 is 14.8 Å². The van der Waals surface area contributed by atoms with E-state index in [9.17, 15) is 4.79 Å². The van der Waals surface area contributed by atoms with Crippen molar-refractivity contribution in [3.05, 3.63) is 46.8 Å². The molecule has 1 saturated carbocycles. The third-order valence-electron chi connectivity index (χ3n) is 4.67. The minimum atomic E-state index is -0.0480. The number of rotatable bonds is 9. The quantitative estimate of drug-likeness (QED) is 0.621. The highest BCUT2D eigenvalue weighted by Crippen LogP contribution is 2.32. The molecule has 1 unspecified atom stereocenters. The molecule has 0 saturated heterocycles. The van der Waals surface area contributed by atoms with Gasteiger partial charge in [0.2, 0.25) is 17.7 Å². The fourth-order valence-electron chi connectivity index (χ4n) is 2.84. The number of amides is 1. The molecule has 0 spiro atoms. The Balaban J connectivity index is 1.63. The lowest BCUT2D eigenvalue weighted by Gasteiger charge is -2.15. The molecule has 0 aliphatic heterocycles. The smallest absolute Gasteiger partial charge is 0.219 e. The zero-order valence-corrected chi connectivity index (χ0v) is 17.7. The van der Waals surface area contributed by atoms with Gasteiger partial charge in [-0.05, 0) is 49.3 Å². The van der Waals surface area contributed by atoms with E-state index in [-0.39, 0.29) is 11.9 Å². The fraction of sp³-hybridized carbons (Fsp3) is 0.409. The van der Waals surface area contributed by atoms with Crippen molar-refractivity contribution < 1.29 is 14.3 Å². The van der Waals surface area contributed by atoms with Gasteiger partial charge in [-0.25, -0.2) is 9.97 Å². The number of nitrogens with zero attached hydrogens (tertiary/aromatic N) is 2. The van der Waals surface area contributed by atoms with Gasteiger partial charge in [0.05, 0.1) is 17.8 Å². The van der Waals surface area contributed by atoms with Crippen molar-refractivity contribution in [2.75, 3.05) is 6.61 Å². The van der Waals surface area contributed by atoms with Gasteiger partial charge in [0, 0.05) is 31.3 Å². The third kappa shape index (κ3) is 6.46. The van der Waals surface area contributed by atoms with E-state index < -0.39 is 0 Å². The molecule has 0 bridgehead atoms. The summed E-state index contributed by atoms with van der Waals surface area (Å²) in [4.78, 5) is 19.9. The molecule has 0 radical (unpaired) electrons. The predicted octanol–water partition coefficient (Wildman–Crippen LogP) is 5.03. The molecule has 1 fully saturated rings. The summed E-state index contributed by atoms with van der Waals surface area (Å²) >= 11 is 6.29. The normalized spacial score (nSPS) is 15.0. The maximum absolute atomic E-state index is 11.3. The van der Waals surface area contributed by atoms with Crippen LogP contribution in [0.4, 0.5) is 0 Å². The minimum absolute atomic E-state index is 0.0287. The van der Waals surface area contributed by atoms with Crippen LogP contribution in [0.5, 0.6) is 17.5 Å². The highest BCUT2D eigenvalue weighted by molar-refractivity contribution is 6.32. The van der Waals surface area contributed by atoms with E-state index in [1.165, 1.54) is 19.8 Å². The molecule has 2 heterocycles. The van der Waals surface area contributed by atoms with Crippen LogP contribution in [0.1, 0.15) is 45.6 Å². The van der Waals surface area contributed by atoms with Crippen molar-refractivity contribution in [2.24, 2.45) is 5.92 Å². The summed E-state index contributed by atoms with van der Waals surface area (Å²) in [5, 5.41) is 3.33. The van der Waals surface area contributed by atoms with Crippen molar-refractivity contribution in [3.63, 3.8) is 0 Å². The zero-order chi connectivity index (χ0) is 20.8. The molecule has 1 aliphatic carbocycles. The van der Waals surface area contributed by atoms with Gasteiger partial charge in [-0.15, -0.1) is 0 Å². The van der Waals surface area contributed by atoms with Crippen LogP contribution in [0.2, 0.25) is 5.02 Å². The second kappa shape index (κ2) is 9.74. The van der Waals surface area contributed by atoms with Crippen molar-refractivity contribution in [2.45, 2.75) is 46.1 Å². The highest BCUT2D eigenvalue weighted by atomic mass is 35.5. The summed E-state index contributed by atoms with van der Waals surface area (Å²) in [6.45, 7) is 6.22. The van der Waals surface area contributed by atoms with Crippen LogP contribution in [0.15, 0.2) is 36.2 Å². The van der Waals surface area contributed by atoms with Gasteiger partial charge in [0.1, 0.15) is 0 Å². The van der Waals surface area contributed by atoms with Gasteiger partial charge >= 0.3 is 0 Å². The van der Waals surface area contributed by atoms with Crippen LogP contribution in [0, 0.1) is 5.92 Å². The molecule has 0 aromatic carbocycles. The second-order valence-corrected chi connectivity index (χ2v) is 7.64. The van der Waals surface area contributed by atoms with Gasteiger partial charge in [-0.2, -0.15) is 0 Å². The van der Waals surface area contributed by atoms with E-state index in [0.29, 0.717) is 35.1 Å². The van der Waals surface area contributed by atoms with Gasteiger partial charge in [-0.1, -0.05) is 24.6 Å². The standard InChI is InChI=1S/C22H26ClN3O3/c1-4-18(14(2)26-15(3)27)9-17-7-8-21(24-11-17)29-20-12-25-22(10-19(20)23)28-13-16-5-6-16/h7-12,14,16H,4-6,13H2,1-3H3,(H,26,27)/b18-9+. The van der Waals surface area contributed by atoms with E-state index in [1.807, 2.05) is 19.1 Å². The summed E-state index contributed by atoms with van der Waals surface area (Å²) in [5.41, 5.74) is 2.05. The molecule has 7 heteroatoms. The van der Waals surface area contributed by atoms with E-state index in [0.717, 1.165) is 17.6 Å². The Labute approximate surface area is 176 Å². The molecule has 1 atom stereocenters. The SMILES string of the molecule is CC/C(=C\c1ccc(Oc2cnc(OCC3CC3)cc2Cl)nc1)C(C)NC(C)=O. The molecule has 2 aromatic rings. The van der Waals surface area contributed by atoms with E-state index in [4.69, 9.17) is 21.1 Å². The molecule has 1 aliphatic rings. The first-order valence-electron chi connectivity index (χ1n) is 9.84. The minimum Gasteiger partial charge on any atom is -0.477 e. The van der Waals surface area contributed by atoms with Crippen molar-refractivity contribution in [3.8, 4) is 17.5 Å². The molecular formula is C22H26ClN3O3. The molecule has 2 aromatic heterocycles. The lowest BCUT2D eigenvalue weighted by atomic mass is 10.0. The van der Waals surface area contributed by atoms with Crippen LogP contribution in [-0.4, -0.2) is 28.5 Å². The molecule has 1 N–H and O–H groups in total. The average molecular weight is 416 g/mol. The number of hydrogen-bond donors (Lipinski definition) is 1. The predicted molar refractivity (Wildman–Crippen MR) is 113 cm³/mol. The zero-order valence-electron chi connectivity index (χ0n) is 16.9. The largest absolute Gasteiger partial charge is 0.477 e.